The van der Waals surface area contributed by atoms with Crippen LogP contribution in [0.3, 0.4) is 0 Å². The van der Waals surface area contributed by atoms with E-state index in [1.165, 1.54) is 0 Å². The summed E-state index contributed by atoms with van der Waals surface area (Å²) in [4.78, 5) is 19.8. The predicted octanol–water partition coefficient (Wildman–Crippen LogP) is 3.66. The normalized spacial score (nSPS) is 14.2. The molecule has 6 nitrogen and oxygen atoms in total. The van der Waals surface area contributed by atoms with Crippen molar-refractivity contribution < 1.29 is 9.53 Å². The Morgan fingerprint density at radius 3 is 2.43 bits per heavy atom. The van der Waals surface area contributed by atoms with E-state index >= 15 is 0 Å². The highest BCUT2D eigenvalue weighted by Gasteiger charge is 2.18. The van der Waals surface area contributed by atoms with Crippen LogP contribution in [0.1, 0.15) is 16.1 Å². The zero-order chi connectivity index (χ0) is 20.3. The van der Waals surface area contributed by atoms with Crippen LogP contribution in [0.15, 0.2) is 72.9 Å². The van der Waals surface area contributed by atoms with Crippen LogP contribution in [0.2, 0.25) is 0 Å². The Labute approximate surface area is 174 Å². The second-order valence-electron chi connectivity index (χ2n) is 7.35. The van der Waals surface area contributed by atoms with Crippen molar-refractivity contribution >= 4 is 17.2 Å². The van der Waals surface area contributed by atoms with Gasteiger partial charge in [-0.1, -0.05) is 54.6 Å². The zero-order valence-electron chi connectivity index (χ0n) is 16.6. The molecule has 5 rings (SSSR count). The Morgan fingerprint density at radius 1 is 0.933 bits per heavy atom. The van der Waals surface area contributed by atoms with Gasteiger partial charge < -0.3 is 9.64 Å². The van der Waals surface area contributed by atoms with Crippen molar-refractivity contribution in [1.82, 2.24) is 14.6 Å². The minimum Gasteiger partial charge on any atom is -0.378 e. The number of Topliss-reactive ketones (excluding diaryl/α,β-unsaturated/α-hetero) is 1. The molecule has 1 saturated heterocycles. The van der Waals surface area contributed by atoms with Gasteiger partial charge in [-0.25, -0.2) is 4.98 Å². The molecule has 0 atom stereocenters. The fourth-order valence-electron chi connectivity index (χ4n) is 3.80. The lowest BCUT2D eigenvalue weighted by atomic mass is 10.0. The zero-order valence-corrected chi connectivity index (χ0v) is 16.6. The predicted molar refractivity (Wildman–Crippen MR) is 116 cm³/mol. The number of hydrogen-bond donors (Lipinski definition) is 0. The van der Waals surface area contributed by atoms with Gasteiger partial charge in [-0.3, -0.25) is 4.79 Å². The van der Waals surface area contributed by atoms with Crippen LogP contribution in [0.25, 0.3) is 16.8 Å². The standard InChI is InChI=1S/C24H22N4O2/c29-22(20-8-6-19(7-9-20)18-4-2-1-3-5-18)16-21-17-24(27-12-14-30-15-13-27)28-23(26-21)10-11-25-28/h1-11,17H,12-16H2. The second-order valence-corrected chi connectivity index (χ2v) is 7.35. The van der Waals surface area contributed by atoms with Crippen LogP contribution < -0.4 is 4.90 Å². The van der Waals surface area contributed by atoms with Gasteiger partial charge in [0.05, 0.1) is 31.5 Å². The highest BCUT2D eigenvalue weighted by molar-refractivity contribution is 5.97. The van der Waals surface area contributed by atoms with Gasteiger partial charge in [0.15, 0.2) is 11.4 Å². The summed E-state index contributed by atoms with van der Waals surface area (Å²) < 4.78 is 7.30. The van der Waals surface area contributed by atoms with Gasteiger partial charge in [0, 0.05) is 30.8 Å². The second kappa shape index (κ2) is 8.08. The summed E-state index contributed by atoms with van der Waals surface area (Å²) >= 11 is 0. The van der Waals surface area contributed by atoms with E-state index in [4.69, 9.17) is 4.74 Å². The van der Waals surface area contributed by atoms with Crippen molar-refractivity contribution in [3.63, 3.8) is 0 Å². The maximum atomic E-state index is 12.9. The molecule has 0 aliphatic carbocycles. The van der Waals surface area contributed by atoms with E-state index < -0.39 is 0 Å². The van der Waals surface area contributed by atoms with Crippen molar-refractivity contribution in [3.8, 4) is 11.1 Å². The first-order valence-corrected chi connectivity index (χ1v) is 10.1. The summed E-state index contributed by atoms with van der Waals surface area (Å²) in [6.07, 6.45) is 1.99. The molecule has 0 bridgehead atoms. The average Bonchev–Trinajstić information content (AvgIpc) is 3.28. The summed E-state index contributed by atoms with van der Waals surface area (Å²) in [5.41, 5.74) is 4.43. The van der Waals surface area contributed by atoms with E-state index in [-0.39, 0.29) is 12.2 Å². The maximum absolute atomic E-state index is 12.9. The minimum absolute atomic E-state index is 0.0545. The van der Waals surface area contributed by atoms with Gasteiger partial charge in [-0.15, -0.1) is 0 Å². The van der Waals surface area contributed by atoms with Crippen molar-refractivity contribution in [2.24, 2.45) is 0 Å². The molecular formula is C24H22N4O2. The Bertz CT molecular complexity index is 1160. The van der Waals surface area contributed by atoms with Gasteiger partial charge in [0.25, 0.3) is 0 Å². The van der Waals surface area contributed by atoms with E-state index in [1.54, 1.807) is 6.20 Å². The SMILES string of the molecule is O=C(Cc1cc(N2CCOCC2)n2nccc2n1)c1ccc(-c2ccccc2)cc1. The molecule has 150 valence electrons. The molecule has 1 fully saturated rings. The number of nitrogens with zero attached hydrogens (tertiary/aromatic N) is 4. The van der Waals surface area contributed by atoms with E-state index in [1.807, 2.05) is 59.1 Å². The van der Waals surface area contributed by atoms with Gasteiger partial charge in [0.1, 0.15) is 5.82 Å². The lowest BCUT2D eigenvalue weighted by Crippen LogP contribution is -2.37. The summed E-state index contributed by atoms with van der Waals surface area (Å²) in [5.74, 6) is 1.01. The number of fused-ring (bicyclic) bond motifs is 1. The Kier molecular flexibility index (Phi) is 4.99. The monoisotopic (exact) mass is 398 g/mol. The number of carbonyl (C=O) groups excluding carboxylic acids is 1. The molecule has 0 saturated carbocycles. The van der Waals surface area contributed by atoms with Crippen LogP contribution >= 0.6 is 0 Å². The van der Waals surface area contributed by atoms with Crippen LogP contribution in [0.4, 0.5) is 5.82 Å². The Balaban J connectivity index is 1.39. The highest BCUT2D eigenvalue weighted by Crippen LogP contribution is 2.22. The molecule has 1 aliphatic heterocycles. The number of hydrogen-bond acceptors (Lipinski definition) is 5. The third kappa shape index (κ3) is 3.69. The van der Waals surface area contributed by atoms with Crippen LogP contribution in [-0.4, -0.2) is 46.7 Å². The van der Waals surface area contributed by atoms with Crippen molar-refractivity contribution in [3.05, 3.63) is 84.2 Å². The number of morpholine rings is 1. The van der Waals surface area contributed by atoms with Crippen molar-refractivity contribution in [1.29, 1.82) is 0 Å². The summed E-state index contributed by atoms with van der Waals surface area (Å²) in [6, 6.07) is 21.8. The number of rotatable bonds is 5. The molecule has 4 aromatic rings. The van der Waals surface area contributed by atoms with Crippen LogP contribution in [-0.2, 0) is 11.2 Å². The summed E-state index contributed by atoms with van der Waals surface area (Å²) in [7, 11) is 0. The van der Waals surface area contributed by atoms with Crippen LogP contribution in [0.5, 0.6) is 0 Å². The fraction of sp³-hybridized carbons (Fsp3) is 0.208. The number of ketones is 1. The number of ether oxygens (including phenoxy) is 1. The molecule has 0 amide bonds. The first kappa shape index (κ1) is 18.5. The molecule has 0 spiro atoms. The fourth-order valence-corrected chi connectivity index (χ4v) is 3.80. The molecule has 1 aliphatic rings. The maximum Gasteiger partial charge on any atom is 0.168 e. The van der Waals surface area contributed by atoms with Gasteiger partial charge >= 0.3 is 0 Å². The van der Waals surface area contributed by atoms with Crippen LogP contribution in [0, 0.1) is 0 Å². The van der Waals surface area contributed by atoms with E-state index in [2.05, 4.69) is 27.1 Å². The molecule has 0 radical (unpaired) electrons. The summed E-state index contributed by atoms with van der Waals surface area (Å²) in [6.45, 7) is 2.97. The lowest BCUT2D eigenvalue weighted by Gasteiger charge is -2.29. The minimum atomic E-state index is 0.0545. The molecule has 3 heterocycles. The van der Waals surface area contributed by atoms with Gasteiger partial charge in [0.2, 0.25) is 0 Å². The molecule has 6 heteroatoms. The number of anilines is 1. The van der Waals surface area contributed by atoms with E-state index in [0.29, 0.717) is 18.8 Å². The first-order valence-electron chi connectivity index (χ1n) is 10.1. The lowest BCUT2D eigenvalue weighted by molar-refractivity contribution is 0.0992. The van der Waals surface area contributed by atoms with Crippen molar-refractivity contribution in [2.75, 3.05) is 31.2 Å². The molecule has 2 aromatic heterocycles. The highest BCUT2D eigenvalue weighted by atomic mass is 16.5. The van der Waals surface area contributed by atoms with Crippen molar-refractivity contribution in [2.45, 2.75) is 6.42 Å². The molecule has 0 unspecified atom stereocenters. The average molecular weight is 398 g/mol. The largest absolute Gasteiger partial charge is 0.378 e. The quantitative estimate of drug-likeness (QED) is 0.480. The van der Waals surface area contributed by atoms with E-state index in [0.717, 1.165) is 41.4 Å². The topological polar surface area (TPSA) is 59.7 Å². The Morgan fingerprint density at radius 2 is 1.67 bits per heavy atom. The smallest absolute Gasteiger partial charge is 0.168 e. The molecule has 30 heavy (non-hydrogen) atoms. The van der Waals surface area contributed by atoms with E-state index in [9.17, 15) is 4.79 Å². The Hall–Kier alpha value is -3.51. The van der Waals surface area contributed by atoms with Gasteiger partial charge in [-0.05, 0) is 11.1 Å². The first-order chi connectivity index (χ1) is 14.8. The summed E-state index contributed by atoms with van der Waals surface area (Å²) in [5, 5.41) is 4.40. The molecule has 0 N–H and O–H groups in total. The molecular weight excluding hydrogens is 376 g/mol. The third-order valence-corrected chi connectivity index (χ3v) is 5.38. The third-order valence-electron chi connectivity index (χ3n) is 5.38. The number of benzene rings is 2. The van der Waals surface area contributed by atoms with Gasteiger partial charge in [-0.2, -0.15) is 9.61 Å². The molecule has 2 aromatic carbocycles. The number of aromatic nitrogens is 3. The number of carbonyl (C=O) groups is 1.